The highest BCUT2D eigenvalue weighted by molar-refractivity contribution is 6.01. The van der Waals surface area contributed by atoms with Crippen molar-refractivity contribution in [3.63, 3.8) is 0 Å². The zero-order valence-electron chi connectivity index (χ0n) is 23.3. The van der Waals surface area contributed by atoms with Gasteiger partial charge in [-0.1, -0.05) is 44.2 Å². The van der Waals surface area contributed by atoms with Crippen LogP contribution in [0.25, 0.3) is 32.8 Å². The first-order valence-corrected chi connectivity index (χ1v) is 14.7. The van der Waals surface area contributed by atoms with Gasteiger partial charge in [-0.2, -0.15) is 4.98 Å². The molecular weight excluding hydrogens is 503 g/mol. The van der Waals surface area contributed by atoms with E-state index in [9.17, 15) is 5.11 Å². The number of anilines is 2. The number of hydrogen-bond acceptors (Lipinski definition) is 7. The molecule has 1 aromatic heterocycles. The quantitative estimate of drug-likeness (QED) is 0.350. The Kier molecular flexibility index (Phi) is 6.47. The molecule has 3 unspecified atom stereocenters. The summed E-state index contributed by atoms with van der Waals surface area (Å²) in [5.41, 5.74) is 1.46. The molecule has 4 heterocycles. The molecule has 0 saturated carbocycles. The third-order valence-corrected chi connectivity index (χ3v) is 9.20. The van der Waals surface area contributed by atoms with Gasteiger partial charge in [-0.25, -0.2) is 9.37 Å². The van der Waals surface area contributed by atoms with Gasteiger partial charge in [-0.15, -0.1) is 0 Å². The van der Waals surface area contributed by atoms with E-state index in [1.807, 2.05) is 36.4 Å². The Morgan fingerprint density at radius 1 is 0.900 bits per heavy atom. The number of nitrogens with zero attached hydrogens (tertiary/aromatic N) is 5. The van der Waals surface area contributed by atoms with Crippen LogP contribution in [0.1, 0.15) is 33.1 Å². The van der Waals surface area contributed by atoms with E-state index in [1.165, 1.54) is 0 Å². The van der Waals surface area contributed by atoms with Crippen LogP contribution >= 0.6 is 0 Å². The number of nitrogens with one attached hydrogen (secondary N) is 1. The maximum Gasteiger partial charge on any atom is 0.228 e. The summed E-state index contributed by atoms with van der Waals surface area (Å²) in [4.78, 5) is 17.1. The number of piperazine rings is 1. The van der Waals surface area contributed by atoms with Crippen LogP contribution in [0, 0.1) is 5.82 Å². The minimum absolute atomic E-state index is 0.119. The second-order valence-corrected chi connectivity index (χ2v) is 11.5. The molecule has 3 aliphatic heterocycles. The topological polar surface area (TPSA) is 67.8 Å². The number of benzene rings is 3. The van der Waals surface area contributed by atoms with E-state index in [-0.39, 0.29) is 11.6 Å². The van der Waals surface area contributed by atoms with Crippen LogP contribution in [0.15, 0.2) is 48.5 Å². The number of aromatic nitrogens is 2. The summed E-state index contributed by atoms with van der Waals surface area (Å²) in [6.45, 7) is 9.87. The summed E-state index contributed by atoms with van der Waals surface area (Å²) in [5.74, 6) is 1.19. The summed E-state index contributed by atoms with van der Waals surface area (Å²) in [5, 5.41) is 16.7. The fourth-order valence-electron chi connectivity index (χ4n) is 7.17. The molecular formula is C32H37FN6O. The van der Waals surface area contributed by atoms with E-state index in [2.05, 4.69) is 33.9 Å². The average molecular weight is 541 g/mol. The van der Waals surface area contributed by atoms with Gasteiger partial charge in [-0.3, -0.25) is 4.90 Å². The van der Waals surface area contributed by atoms with Crippen molar-refractivity contribution in [3.05, 3.63) is 54.3 Å². The predicted molar refractivity (Wildman–Crippen MR) is 160 cm³/mol. The first kappa shape index (κ1) is 25.5. The third kappa shape index (κ3) is 4.34. The van der Waals surface area contributed by atoms with Crippen molar-refractivity contribution >= 4 is 33.4 Å². The molecule has 3 atom stereocenters. The zero-order chi connectivity index (χ0) is 27.4. The molecule has 2 N–H and O–H groups in total. The summed E-state index contributed by atoms with van der Waals surface area (Å²) in [7, 11) is 0. The predicted octanol–water partition coefficient (Wildman–Crippen LogP) is 5.16. The van der Waals surface area contributed by atoms with Crippen LogP contribution in [0.3, 0.4) is 0 Å². The fourth-order valence-corrected chi connectivity index (χ4v) is 7.17. The van der Waals surface area contributed by atoms with Crippen molar-refractivity contribution in [3.8, 4) is 16.9 Å². The Hall–Kier alpha value is -3.49. The third-order valence-electron chi connectivity index (χ3n) is 9.20. The highest BCUT2D eigenvalue weighted by atomic mass is 19.1. The number of hydrogen-bond donors (Lipinski definition) is 2. The highest BCUT2D eigenvalue weighted by Gasteiger charge is 2.35. The maximum atomic E-state index is 16.7. The average Bonchev–Trinajstić information content (AvgIpc) is 3.59. The van der Waals surface area contributed by atoms with Crippen molar-refractivity contribution in [2.75, 3.05) is 49.1 Å². The van der Waals surface area contributed by atoms with Crippen molar-refractivity contribution in [1.29, 1.82) is 0 Å². The molecule has 3 saturated heterocycles. The van der Waals surface area contributed by atoms with Gasteiger partial charge in [0.15, 0.2) is 5.82 Å². The van der Waals surface area contributed by atoms with Gasteiger partial charge in [0.25, 0.3) is 0 Å². The SMILES string of the molecule is CCN(CC)C1CCN(c2nc(N3CC4CCC(C3)N4)c3ccc(-c4cc(O)cc5ccccc45)c(F)c3n2)C1. The molecule has 3 aromatic carbocycles. The zero-order valence-corrected chi connectivity index (χ0v) is 23.3. The number of likely N-dealkylation sites (N-methyl/N-ethyl adjacent to an activating group) is 1. The fraction of sp³-hybridized carbons (Fsp3) is 0.438. The summed E-state index contributed by atoms with van der Waals surface area (Å²) in [6.07, 6.45) is 3.38. The first-order valence-electron chi connectivity index (χ1n) is 14.7. The molecule has 208 valence electrons. The molecule has 2 bridgehead atoms. The first-order chi connectivity index (χ1) is 19.5. The van der Waals surface area contributed by atoms with E-state index in [0.717, 1.165) is 80.5 Å². The number of aromatic hydroxyl groups is 1. The minimum Gasteiger partial charge on any atom is -0.508 e. The van der Waals surface area contributed by atoms with Crippen LogP contribution in [0.2, 0.25) is 0 Å². The van der Waals surface area contributed by atoms with Crippen molar-refractivity contribution in [2.24, 2.45) is 0 Å². The van der Waals surface area contributed by atoms with Crippen LogP contribution in [-0.2, 0) is 0 Å². The van der Waals surface area contributed by atoms with Crippen LogP contribution in [-0.4, -0.2) is 77.4 Å². The number of fused-ring (bicyclic) bond motifs is 4. The minimum atomic E-state index is -0.365. The highest BCUT2D eigenvalue weighted by Crippen LogP contribution is 2.39. The van der Waals surface area contributed by atoms with Gasteiger partial charge in [0.1, 0.15) is 17.1 Å². The largest absolute Gasteiger partial charge is 0.508 e. The standard InChI is InChI=1S/C32H37FN6O/c1-3-37(4-2)23-13-14-38(19-23)32-35-30-27(31(36-32)39-17-21-9-10-22(18-39)34-21)12-11-26(29(30)33)28-16-24(40)15-20-7-5-6-8-25(20)28/h5-8,11-12,15-16,21-23,34,40H,3-4,9-10,13-14,17-19H2,1-2H3. The van der Waals surface area contributed by atoms with Gasteiger partial charge in [0.2, 0.25) is 5.95 Å². The smallest absolute Gasteiger partial charge is 0.228 e. The molecule has 0 spiro atoms. The molecule has 4 aromatic rings. The summed E-state index contributed by atoms with van der Waals surface area (Å²) < 4.78 is 16.7. The van der Waals surface area contributed by atoms with Gasteiger partial charge in [0.05, 0.1) is 0 Å². The van der Waals surface area contributed by atoms with E-state index < -0.39 is 0 Å². The van der Waals surface area contributed by atoms with E-state index >= 15 is 4.39 Å². The second kappa shape index (κ2) is 10.2. The molecule has 7 nitrogen and oxygen atoms in total. The van der Waals surface area contributed by atoms with Crippen molar-refractivity contribution in [1.82, 2.24) is 20.2 Å². The molecule has 8 heteroatoms. The van der Waals surface area contributed by atoms with E-state index in [0.29, 0.717) is 40.7 Å². The lowest BCUT2D eigenvalue weighted by Crippen LogP contribution is -2.51. The molecule has 3 aliphatic rings. The van der Waals surface area contributed by atoms with E-state index in [1.54, 1.807) is 12.1 Å². The molecule has 3 fully saturated rings. The summed E-state index contributed by atoms with van der Waals surface area (Å²) in [6, 6.07) is 16.3. The van der Waals surface area contributed by atoms with Crippen molar-refractivity contribution < 1.29 is 9.50 Å². The summed E-state index contributed by atoms with van der Waals surface area (Å²) >= 11 is 0. The monoisotopic (exact) mass is 540 g/mol. The van der Waals surface area contributed by atoms with Gasteiger partial charge < -0.3 is 20.2 Å². The lowest BCUT2D eigenvalue weighted by molar-refractivity contribution is 0.232. The number of phenolic OH excluding ortho intramolecular Hbond substituents is 1. The molecule has 40 heavy (non-hydrogen) atoms. The molecule has 0 radical (unpaired) electrons. The van der Waals surface area contributed by atoms with Gasteiger partial charge in [-0.05, 0) is 66.9 Å². The molecule has 0 aliphatic carbocycles. The molecule has 7 rings (SSSR count). The Morgan fingerprint density at radius 3 is 2.45 bits per heavy atom. The Morgan fingerprint density at radius 2 is 1.68 bits per heavy atom. The number of phenols is 1. The van der Waals surface area contributed by atoms with Crippen LogP contribution in [0.4, 0.5) is 16.2 Å². The lowest BCUT2D eigenvalue weighted by Gasteiger charge is -2.35. The Balaban J connectivity index is 1.37. The van der Waals surface area contributed by atoms with Gasteiger partial charge in [0, 0.05) is 55.3 Å². The molecule has 0 amide bonds. The lowest BCUT2D eigenvalue weighted by atomic mass is 9.96. The Bertz CT molecular complexity index is 1560. The Labute approximate surface area is 234 Å². The maximum absolute atomic E-state index is 16.7. The number of rotatable bonds is 6. The van der Waals surface area contributed by atoms with E-state index in [4.69, 9.17) is 9.97 Å². The van der Waals surface area contributed by atoms with Crippen LogP contribution in [0.5, 0.6) is 5.75 Å². The van der Waals surface area contributed by atoms with Gasteiger partial charge >= 0.3 is 0 Å². The second-order valence-electron chi connectivity index (χ2n) is 11.5. The number of halogens is 1. The van der Waals surface area contributed by atoms with Crippen molar-refractivity contribution in [2.45, 2.75) is 51.2 Å². The normalized spacial score (nSPS) is 22.8. The van der Waals surface area contributed by atoms with Crippen LogP contribution < -0.4 is 15.1 Å².